The number of nitrogens with two attached hydrogens (primary N) is 1. The smallest absolute Gasteiger partial charge is 0.269 e. The number of piperidine rings is 1. The molecule has 1 saturated heterocycles. The summed E-state index contributed by atoms with van der Waals surface area (Å²) in [5, 5.41) is 13.7. The third-order valence-electron chi connectivity index (χ3n) is 4.60. The molecule has 1 unspecified atom stereocenters. The van der Waals surface area contributed by atoms with Crippen molar-refractivity contribution >= 4 is 17.5 Å². The standard InChI is InChI=1S/C18H26N4O4/c19-10-9-17(23)20-13-16-5-1-2-11-21(16)18(24)8-7-14-4-3-6-15(12-14)22(25)26/h3-4,6,12,16H,1-2,5,7-11,13,19H2,(H,20,23). The predicted octanol–water partition coefficient (Wildman–Crippen LogP) is 1.37. The molecular formula is C18H26N4O4. The van der Waals surface area contributed by atoms with Crippen LogP contribution >= 0.6 is 0 Å². The molecule has 0 aliphatic carbocycles. The van der Waals surface area contributed by atoms with E-state index in [9.17, 15) is 19.7 Å². The van der Waals surface area contributed by atoms with Crippen LogP contribution in [-0.4, -0.2) is 47.3 Å². The van der Waals surface area contributed by atoms with Crippen LogP contribution in [0.25, 0.3) is 0 Å². The summed E-state index contributed by atoms with van der Waals surface area (Å²) in [5.41, 5.74) is 6.18. The Balaban J connectivity index is 1.90. The molecule has 1 aromatic carbocycles. The average molecular weight is 362 g/mol. The Morgan fingerprint density at radius 2 is 2.12 bits per heavy atom. The van der Waals surface area contributed by atoms with Gasteiger partial charge >= 0.3 is 0 Å². The number of non-ortho nitro benzene ring substituents is 1. The number of hydrogen-bond acceptors (Lipinski definition) is 5. The third-order valence-corrected chi connectivity index (χ3v) is 4.60. The summed E-state index contributed by atoms with van der Waals surface area (Å²) >= 11 is 0. The van der Waals surface area contributed by atoms with Gasteiger partial charge in [-0.05, 0) is 31.2 Å². The number of carbonyl (C=O) groups is 2. The van der Waals surface area contributed by atoms with Gasteiger partial charge in [-0.2, -0.15) is 0 Å². The van der Waals surface area contributed by atoms with E-state index in [2.05, 4.69) is 5.32 Å². The molecule has 8 nitrogen and oxygen atoms in total. The highest BCUT2D eigenvalue weighted by Crippen LogP contribution is 2.19. The fraction of sp³-hybridized carbons (Fsp3) is 0.556. The summed E-state index contributed by atoms with van der Waals surface area (Å²) in [7, 11) is 0. The molecule has 26 heavy (non-hydrogen) atoms. The molecule has 0 radical (unpaired) electrons. The number of rotatable bonds is 8. The first-order valence-electron chi connectivity index (χ1n) is 9.01. The summed E-state index contributed by atoms with van der Waals surface area (Å²) in [6, 6.07) is 6.38. The van der Waals surface area contributed by atoms with Gasteiger partial charge in [-0.25, -0.2) is 0 Å². The molecule has 1 atom stereocenters. The fourth-order valence-electron chi connectivity index (χ4n) is 3.21. The second-order valence-electron chi connectivity index (χ2n) is 6.51. The van der Waals surface area contributed by atoms with Gasteiger partial charge in [0.25, 0.3) is 5.69 Å². The number of benzene rings is 1. The van der Waals surface area contributed by atoms with Gasteiger partial charge in [0.05, 0.1) is 4.92 Å². The van der Waals surface area contributed by atoms with E-state index in [-0.39, 0.29) is 30.0 Å². The van der Waals surface area contributed by atoms with Gasteiger partial charge in [0, 0.05) is 50.7 Å². The molecule has 1 aliphatic rings. The van der Waals surface area contributed by atoms with Gasteiger partial charge in [-0.3, -0.25) is 19.7 Å². The van der Waals surface area contributed by atoms with Crippen LogP contribution in [0.3, 0.4) is 0 Å². The van der Waals surface area contributed by atoms with Crippen LogP contribution < -0.4 is 11.1 Å². The Morgan fingerprint density at radius 3 is 2.85 bits per heavy atom. The van der Waals surface area contributed by atoms with Crippen molar-refractivity contribution in [1.29, 1.82) is 0 Å². The van der Waals surface area contributed by atoms with Crippen molar-refractivity contribution in [2.45, 2.75) is 44.6 Å². The highest BCUT2D eigenvalue weighted by Gasteiger charge is 2.26. The number of nitro benzene ring substituents is 1. The zero-order valence-corrected chi connectivity index (χ0v) is 14.9. The first kappa shape index (κ1) is 19.8. The summed E-state index contributed by atoms with van der Waals surface area (Å²) in [4.78, 5) is 36.5. The maximum Gasteiger partial charge on any atom is 0.269 e. The average Bonchev–Trinajstić information content (AvgIpc) is 2.65. The molecule has 1 heterocycles. The van der Waals surface area contributed by atoms with E-state index < -0.39 is 4.92 Å². The third kappa shape index (κ3) is 5.80. The molecule has 0 saturated carbocycles. The van der Waals surface area contributed by atoms with Crippen LogP contribution in [0, 0.1) is 10.1 Å². The Labute approximate surface area is 152 Å². The number of nitrogens with one attached hydrogen (secondary N) is 1. The van der Waals surface area contributed by atoms with Crippen molar-refractivity contribution in [1.82, 2.24) is 10.2 Å². The van der Waals surface area contributed by atoms with Crippen LogP contribution in [0.15, 0.2) is 24.3 Å². The van der Waals surface area contributed by atoms with Crippen LogP contribution in [-0.2, 0) is 16.0 Å². The monoisotopic (exact) mass is 362 g/mol. The maximum absolute atomic E-state index is 12.6. The van der Waals surface area contributed by atoms with E-state index >= 15 is 0 Å². The van der Waals surface area contributed by atoms with Crippen LogP contribution in [0.4, 0.5) is 5.69 Å². The van der Waals surface area contributed by atoms with Crippen molar-refractivity contribution in [3.63, 3.8) is 0 Å². The minimum absolute atomic E-state index is 0.00286. The van der Waals surface area contributed by atoms with Gasteiger partial charge < -0.3 is 16.0 Å². The van der Waals surface area contributed by atoms with Gasteiger partial charge in [-0.15, -0.1) is 0 Å². The van der Waals surface area contributed by atoms with E-state index in [1.165, 1.54) is 12.1 Å². The summed E-state index contributed by atoms with van der Waals surface area (Å²) in [6.45, 7) is 1.44. The molecule has 8 heteroatoms. The number of likely N-dealkylation sites (tertiary alicyclic amines) is 1. The Kier molecular flexibility index (Phi) is 7.53. The van der Waals surface area contributed by atoms with Gasteiger partial charge in [0.1, 0.15) is 0 Å². The van der Waals surface area contributed by atoms with Crippen LogP contribution in [0.2, 0.25) is 0 Å². The Morgan fingerprint density at radius 1 is 1.31 bits per heavy atom. The largest absolute Gasteiger partial charge is 0.354 e. The van der Waals surface area contributed by atoms with Gasteiger partial charge in [0.2, 0.25) is 11.8 Å². The molecule has 1 aromatic rings. The molecule has 1 aliphatic heterocycles. The summed E-state index contributed by atoms with van der Waals surface area (Å²) < 4.78 is 0. The van der Waals surface area contributed by atoms with E-state index in [0.29, 0.717) is 32.5 Å². The number of aryl methyl sites for hydroxylation is 1. The SMILES string of the molecule is NCCC(=O)NCC1CCCCN1C(=O)CCc1cccc([N+](=O)[O-])c1. The molecular weight excluding hydrogens is 336 g/mol. The maximum atomic E-state index is 12.6. The molecule has 0 bridgehead atoms. The topological polar surface area (TPSA) is 119 Å². The molecule has 0 aromatic heterocycles. The van der Waals surface area contributed by atoms with E-state index in [1.807, 2.05) is 4.90 Å². The molecule has 2 rings (SSSR count). The molecule has 0 spiro atoms. The van der Waals surface area contributed by atoms with Crippen molar-refractivity contribution in [2.75, 3.05) is 19.6 Å². The van der Waals surface area contributed by atoms with Crippen molar-refractivity contribution in [3.8, 4) is 0 Å². The number of nitrogens with zero attached hydrogens (tertiary/aromatic N) is 2. The molecule has 142 valence electrons. The Hall–Kier alpha value is -2.48. The number of nitro groups is 1. The summed E-state index contributed by atoms with van der Waals surface area (Å²) in [5.74, 6) is -0.0728. The van der Waals surface area contributed by atoms with E-state index in [0.717, 1.165) is 24.8 Å². The zero-order valence-electron chi connectivity index (χ0n) is 14.9. The first-order valence-corrected chi connectivity index (χ1v) is 9.01. The van der Waals surface area contributed by atoms with Gasteiger partial charge in [0.15, 0.2) is 0 Å². The lowest BCUT2D eigenvalue weighted by atomic mass is 10.0. The van der Waals surface area contributed by atoms with Crippen LogP contribution in [0.1, 0.15) is 37.7 Å². The number of amides is 2. The van der Waals surface area contributed by atoms with Crippen molar-refractivity contribution in [2.24, 2.45) is 5.73 Å². The fourth-order valence-corrected chi connectivity index (χ4v) is 3.21. The zero-order chi connectivity index (χ0) is 18.9. The van der Waals surface area contributed by atoms with Crippen molar-refractivity contribution < 1.29 is 14.5 Å². The minimum Gasteiger partial charge on any atom is -0.354 e. The van der Waals surface area contributed by atoms with Gasteiger partial charge in [-0.1, -0.05) is 12.1 Å². The highest BCUT2D eigenvalue weighted by atomic mass is 16.6. The lowest BCUT2D eigenvalue weighted by Gasteiger charge is -2.36. The van der Waals surface area contributed by atoms with E-state index in [1.54, 1.807) is 12.1 Å². The first-order chi connectivity index (χ1) is 12.5. The number of carbonyl (C=O) groups excluding carboxylic acids is 2. The van der Waals surface area contributed by atoms with Crippen LogP contribution in [0.5, 0.6) is 0 Å². The minimum atomic E-state index is -0.435. The summed E-state index contributed by atoms with van der Waals surface area (Å²) in [6.07, 6.45) is 3.90. The number of hydrogen-bond donors (Lipinski definition) is 2. The lowest BCUT2D eigenvalue weighted by molar-refractivity contribution is -0.384. The lowest BCUT2D eigenvalue weighted by Crippen LogP contribution is -2.49. The normalized spacial score (nSPS) is 17.0. The van der Waals surface area contributed by atoms with E-state index in [4.69, 9.17) is 5.73 Å². The second-order valence-corrected chi connectivity index (χ2v) is 6.51. The molecule has 1 fully saturated rings. The highest BCUT2D eigenvalue weighted by molar-refractivity contribution is 5.78. The second kappa shape index (κ2) is 9.86. The predicted molar refractivity (Wildman–Crippen MR) is 97.5 cm³/mol. The van der Waals surface area contributed by atoms with Crippen molar-refractivity contribution in [3.05, 3.63) is 39.9 Å². The molecule has 2 amide bonds. The molecule has 3 N–H and O–H groups in total. The quantitative estimate of drug-likeness (QED) is 0.535. The Bertz CT molecular complexity index is 650.